The van der Waals surface area contributed by atoms with Gasteiger partial charge in [0, 0.05) is 10.8 Å². The second kappa shape index (κ2) is 5.76. The topological polar surface area (TPSA) is 26.0 Å². The summed E-state index contributed by atoms with van der Waals surface area (Å²) < 4.78 is 14.8. The molecule has 0 saturated carbocycles. The van der Waals surface area contributed by atoms with Crippen molar-refractivity contribution in [3.05, 3.63) is 56.4 Å². The Morgan fingerprint density at radius 1 is 1.24 bits per heavy atom. The Morgan fingerprint density at radius 2 is 2.00 bits per heavy atom. The number of hydrogen-bond donors (Lipinski definition) is 1. The number of nitrogens with two attached hydrogens (primary N) is 1. The highest BCUT2D eigenvalue weighted by atomic mass is 79.9. The molecule has 1 unspecified atom stereocenters. The quantitative estimate of drug-likeness (QED) is 0.909. The Hall–Kier alpha value is -0.710. The molecule has 0 radical (unpaired) electrons. The average Bonchev–Trinajstić information content (AvgIpc) is 2.73. The number of thiophene rings is 1. The van der Waals surface area contributed by atoms with Crippen LogP contribution in [0.25, 0.3) is 0 Å². The molecule has 4 heteroatoms. The molecule has 0 saturated heterocycles. The third-order valence-electron chi connectivity index (χ3n) is 2.71. The van der Waals surface area contributed by atoms with E-state index < -0.39 is 0 Å². The summed E-state index contributed by atoms with van der Waals surface area (Å²) in [5.41, 5.74) is 6.46. The highest BCUT2D eigenvalue weighted by molar-refractivity contribution is 9.11. The van der Waals surface area contributed by atoms with Crippen LogP contribution in [-0.4, -0.2) is 6.54 Å². The fourth-order valence-electron chi connectivity index (χ4n) is 1.83. The summed E-state index contributed by atoms with van der Waals surface area (Å²) in [5.74, 6) is -0.125. The van der Waals surface area contributed by atoms with Crippen LogP contribution < -0.4 is 5.73 Å². The van der Waals surface area contributed by atoms with Crippen molar-refractivity contribution in [3.8, 4) is 0 Å². The molecule has 1 atom stereocenters. The summed E-state index contributed by atoms with van der Waals surface area (Å²) in [5, 5.41) is 0. The maximum absolute atomic E-state index is 13.7. The molecular formula is C13H13BrFNS. The fraction of sp³-hybridized carbons (Fsp3) is 0.231. The first-order valence-corrected chi connectivity index (χ1v) is 7.00. The molecule has 1 aromatic carbocycles. The third-order valence-corrected chi connectivity index (χ3v) is 4.35. The van der Waals surface area contributed by atoms with Gasteiger partial charge >= 0.3 is 0 Å². The monoisotopic (exact) mass is 313 g/mol. The Kier molecular flexibility index (Phi) is 4.31. The van der Waals surface area contributed by atoms with E-state index in [0.29, 0.717) is 12.1 Å². The van der Waals surface area contributed by atoms with Gasteiger partial charge in [-0.1, -0.05) is 18.2 Å². The van der Waals surface area contributed by atoms with E-state index in [9.17, 15) is 4.39 Å². The number of halogens is 2. The van der Waals surface area contributed by atoms with Crippen LogP contribution in [0.5, 0.6) is 0 Å². The predicted molar refractivity (Wildman–Crippen MR) is 73.9 cm³/mol. The number of hydrogen-bond acceptors (Lipinski definition) is 2. The lowest BCUT2D eigenvalue weighted by atomic mass is 9.95. The summed E-state index contributed by atoms with van der Waals surface area (Å²) in [7, 11) is 0. The van der Waals surface area contributed by atoms with Crippen molar-refractivity contribution in [2.24, 2.45) is 5.73 Å². The molecule has 0 aliphatic carbocycles. The first-order valence-electron chi connectivity index (χ1n) is 5.39. The van der Waals surface area contributed by atoms with Crippen molar-refractivity contribution < 1.29 is 4.39 Å². The molecule has 0 fully saturated rings. The second-order valence-corrected chi connectivity index (χ2v) is 6.41. The molecule has 0 amide bonds. The molecule has 2 rings (SSSR count). The maximum atomic E-state index is 13.7. The lowest BCUT2D eigenvalue weighted by Gasteiger charge is -2.14. The first-order chi connectivity index (χ1) is 8.20. The molecule has 2 aromatic rings. The highest BCUT2D eigenvalue weighted by Crippen LogP contribution is 2.28. The van der Waals surface area contributed by atoms with E-state index >= 15 is 0 Å². The van der Waals surface area contributed by atoms with Gasteiger partial charge in [-0.15, -0.1) is 11.3 Å². The third kappa shape index (κ3) is 3.15. The minimum atomic E-state index is -0.168. The molecule has 1 heterocycles. The Bertz CT molecular complexity index is 498. The van der Waals surface area contributed by atoms with Crippen molar-refractivity contribution in [1.29, 1.82) is 0 Å². The molecule has 0 aliphatic heterocycles. The molecule has 0 spiro atoms. The van der Waals surface area contributed by atoms with Gasteiger partial charge in [-0.05, 0) is 52.7 Å². The highest BCUT2D eigenvalue weighted by Gasteiger charge is 2.15. The van der Waals surface area contributed by atoms with Gasteiger partial charge in [0.15, 0.2) is 0 Å². The molecule has 90 valence electrons. The average molecular weight is 314 g/mol. The molecule has 0 bridgehead atoms. The van der Waals surface area contributed by atoms with E-state index in [-0.39, 0.29) is 11.7 Å². The molecule has 2 N–H and O–H groups in total. The van der Waals surface area contributed by atoms with Crippen LogP contribution in [0.4, 0.5) is 4.39 Å². The van der Waals surface area contributed by atoms with Crippen LogP contribution in [0.1, 0.15) is 16.4 Å². The van der Waals surface area contributed by atoms with Crippen LogP contribution in [-0.2, 0) is 6.42 Å². The lowest BCUT2D eigenvalue weighted by molar-refractivity contribution is 0.577. The minimum Gasteiger partial charge on any atom is -0.330 e. The fourth-order valence-corrected chi connectivity index (χ4v) is 3.39. The van der Waals surface area contributed by atoms with E-state index in [4.69, 9.17) is 5.73 Å². The van der Waals surface area contributed by atoms with Crippen molar-refractivity contribution in [1.82, 2.24) is 0 Å². The van der Waals surface area contributed by atoms with Crippen molar-refractivity contribution in [3.63, 3.8) is 0 Å². The first kappa shape index (κ1) is 12.7. The standard InChI is InChI=1S/C13H13BrFNS/c14-13-6-5-10(17-13)7-9(8-16)11-3-1-2-4-12(11)15/h1-6,9H,7-8,16H2. The summed E-state index contributed by atoms with van der Waals surface area (Å²) in [6.07, 6.45) is 0.785. The second-order valence-electron chi connectivity index (χ2n) is 3.86. The zero-order valence-electron chi connectivity index (χ0n) is 9.20. The van der Waals surface area contributed by atoms with E-state index in [0.717, 1.165) is 10.2 Å². The smallest absolute Gasteiger partial charge is 0.126 e. The summed E-state index contributed by atoms with van der Waals surface area (Å²) in [6, 6.07) is 10.9. The van der Waals surface area contributed by atoms with Crippen LogP contribution in [0.15, 0.2) is 40.2 Å². The van der Waals surface area contributed by atoms with Gasteiger partial charge in [0.05, 0.1) is 3.79 Å². The Balaban J connectivity index is 2.20. The zero-order chi connectivity index (χ0) is 12.3. The van der Waals surface area contributed by atoms with E-state index in [1.807, 2.05) is 18.2 Å². The molecule has 1 aromatic heterocycles. The van der Waals surface area contributed by atoms with Crippen LogP contribution in [0, 0.1) is 5.82 Å². The van der Waals surface area contributed by atoms with Crippen molar-refractivity contribution in [2.45, 2.75) is 12.3 Å². The summed E-state index contributed by atoms with van der Waals surface area (Å²) in [6.45, 7) is 0.455. The van der Waals surface area contributed by atoms with E-state index in [1.54, 1.807) is 17.4 Å². The Morgan fingerprint density at radius 3 is 2.59 bits per heavy atom. The summed E-state index contributed by atoms with van der Waals surface area (Å²) >= 11 is 5.10. The zero-order valence-corrected chi connectivity index (χ0v) is 11.6. The van der Waals surface area contributed by atoms with Gasteiger partial charge in [-0.2, -0.15) is 0 Å². The van der Waals surface area contributed by atoms with Crippen LogP contribution in [0.2, 0.25) is 0 Å². The number of benzene rings is 1. The van der Waals surface area contributed by atoms with Gasteiger partial charge in [-0.3, -0.25) is 0 Å². The van der Waals surface area contributed by atoms with E-state index in [1.165, 1.54) is 10.9 Å². The van der Waals surface area contributed by atoms with Gasteiger partial charge in [-0.25, -0.2) is 4.39 Å². The number of rotatable bonds is 4. The largest absolute Gasteiger partial charge is 0.330 e. The van der Waals surface area contributed by atoms with Crippen molar-refractivity contribution in [2.75, 3.05) is 6.54 Å². The van der Waals surface area contributed by atoms with E-state index in [2.05, 4.69) is 22.0 Å². The van der Waals surface area contributed by atoms with Gasteiger partial charge in [0.1, 0.15) is 5.82 Å². The lowest BCUT2D eigenvalue weighted by Crippen LogP contribution is -2.15. The van der Waals surface area contributed by atoms with Gasteiger partial charge in [0.2, 0.25) is 0 Å². The summed E-state index contributed by atoms with van der Waals surface area (Å²) in [4.78, 5) is 1.22. The maximum Gasteiger partial charge on any atom is 0.126 e. The molecule has 0 aliphatic rings. The van der Waals surface area contributed by atoms with Crippen molar-refractivity contribution >= 4 is 27.3 Å². The van der Waals surface area contributed by atoms with Gasteiger partial charge < -0.3 is 5.73 Å². The molecule has 1 nitrogen and oxygen atoms in total. The van der Waals surface area contributed by atoms with Gasteiger partial charge in [0.25, 0.3) is 0 Å². The van der Waals surface area contributed by atoms with Crippen LogP contribution >= 0.6 is 27.3 Å². The normalized spacial score (nSPS) is 12.6. The van der Waals surface area contributed by atoms with Crippen LogP contribution in [0.3, 0.4) is 0 Å². The molecule has 17 heavy (non-hydrogen) atoms. The minimum absolute atomic E-state index is 0.0433. The molecular weight excluding hydrogens is 301 g/mol. The SMILES string of the molecule is NCC(Cc1ccc(Br)s1)c1ccccc1F. The predicted octanol–water partition coefficient (Wildman–Crippen LogP) is 3.93. The Labute approximate surface area is 113 Å².